The van der Waals surface area contributed by atoms with Crippen molar-refractivity contribution in [1.82, 2.24) is 10.2 Å². The maximum Gasteiger partial charge on any atom is 0.266 e. The zero-order valence-corrected chi connectivity index (χ0v) is 7.82. The van der Waals surface area contributed by atoms with Crippen LogP contribution in [0.2, 0.25) is 0 Å². The smallest absolute Gasteiger partial charge is 0.266 e. The lowest BCUT2D eigenvalue weighted by atomic mass is 10.2. The number of nitrogens with zero attached hydrogens (tertiary/aromatic N) is 1. The topological polar surface area (TPSA) is 58.4 Å². The minimum absolute atomic E-state index is 0.400. The molecule has 0 radical (unpaired) electrons. The predicted molar refractivity (Wildman–Crippen MR) is 53.2 cm³/mol. The van der Waals surface area contributed by atoms with Crippen molar-refractivity contribution in [3.63, 3.8) is 0 Å². The normalized spacial score (nSPS) is 18.9. The molecule has 0 saturated carbocycles. The second kappa shape index (κ2) is 3.06. The highest BCUT2D eigenvalue weighted by molar-refractivity contribution is 5.91. The van der Waals surface area contributed by atoms with E-state index in [0.717, 1.165) is 11.4 Å². The Morgan fingerprint density at radius 2 is 2.36 bits per heavy atom. The Labute approximate surface area is 82.1 Å². The fraction of sp³-hybridized carbons (Fsp3) is 0.100. The summed E-state index contributed by atoms with van der Waals surface area (Å²) < 4.78 is 0. The van der Waals surface area contributed by atoms with E-state index in [2.05, 4.69) is 5.32 Å². The molecule has 4 nitrogen and oxygen atoms in total. The summed E-state index contributed by atoms with van der Waals surface area (Å²) in [5.74, 6) is -0.456. The molecule has 14 heavy (non-hydrogen) atoms. The van der Waals surface area contributed by atoms with Crippen LogP contribution in [0.3, 0.4) is 0 Å². The van der Waals surface area contributed by atoms with Gasteiger partial charge >= 0.3 is 0 Å². The molecule has 0 unspecified atom stereocenters. The third kappa shape index (κ3) is 1.31. The Kier molecular flexibility index (Phi) is 1.89. The van der Waals surface area contributed by atoms with Crippen LogP contribution < -0.4 is 11.1 Å². The number of rotatable bonds is 1. The molecular weight excluding hydrogens is 178 g/mol. The summed E-state index contributed by atoms with van der Waals surface area (Å²) in [4.78, 5) is 12.8. The maximum absolute atomic E-state index is 10.9. The van der Waals surface area contributed by atoms with Gasteiger partial charge in [-0.3, -0.25) is 4.79 Å². The van der Waals surface area contributed by atoms with Gasteiger partial charge in [0.25, 0.3) is 5.91 Å². The number of primary amides is 1. The first kappa shape index (κ1) is 8.62. The second-order valence-electron chi connectivity index (χ2n) is 3.16. The number of nitrogens with two attached hydrogens (primary N) is 1. The summed E-state index contributed by atoms with van der Waals surface area (Å²) in [5.41, 5.74) is 7.62. The van der Waals surface area contributed by atoms with E-state index < -0.39 is 5.91 Å². The van der Waals surface area contributed by atoms with Gasteiger partial charge in [0.1, 0.15) is 5.70 Å². The van der Waals surface area contributed by atoms with Crippen LogP contribution in [0.5, 0.6) is 0 Å². The lowest BCUT2D eigenvalue weighted by Gasteiger charge is -2.28. The number of hydrogen-bond donors (Lipinski definition) is 2. The lowest BCUT2D eigenvalue weighted by Crippen LogP contribution is -2.31. The number of fused-ring (bicyclic) bond motifs is 1. The fourth-order valence-electron chi connectivity index (χ4n) is 1.40. The van der Waals surface area contributed by atoms with Gasteiger partial charge in [-0.05, 0) is 19.1 Å². The highest BCUT2D eigenvalue weighted by atomic mass is 16.1. The number of amides is 1. The Balaban J connectivity index is 2.34. The molecule has 0 fully saturated rings. The number of carbonyl (C=O) groups excluding carboxylic acids is 1. The second-order valence-corrected chi connectivity index (χ2v) is 3.16. The monoisotopic (exact) mass is 189 g/mol. The van der Waals surface area contributed by atoms with E-state index in [4.69, 9.17) is 5.73 Å². The molecule has 0 bridgehead atoms. The van der Waals surface area contributed by atoms with Crippen LogP contribution in [0.4, 0.5) is 0 Å². The summed E-state index contributed by atoms with van der Waals surface area (Å²) >= 11 is 0. The minimum atomic E-state index is -0.456. The van der Waals surface area contributed by atoms with Crippen LogP contribution in [-0.2, 0) is 4.79 Å². The zero-order valence-electron chi connectivity index (χ0n) is 7.82. The first-order valence-corrected chi connectivity index (χ1v) is 4.31. The molecular formula is C10H11N3O. The summed E-state index contributed by atoms with van der Waals surface area (Å²) in [7, 11) is 0. The van der Waals surface area contributed by atoms with Gasteiger partial charge in [-0.2, -0.15) is 0 Å². The van der Waals surface area contributed by atoms with Crippen molar-refractivity contribution < 1.29 is 4.79 Å². The van der Waals surface area contributed by atoms with Crippen molar-refractivity contribution in [2.24, 2.45) is 5.73 Å². The molecule has 2 heterocycles. The summed E-state index contributed by atoms with van der Waals surface area (Å²) in [6.45, 7) is 1.97. The van der Waals surface area contributed by atoms with Crippen LogP contribution in [0, 0.1) is 0 Å². The van der Waals surface area contributed by atoms with Gasteiger partial charge in [0.05, 0.1) is 5.70 Å². The lowest BCUT2D eigenvalue weighted by molar-refractivity contribution is -0.114. The SMILES string of the molecule is CC1=CC=CC2=CNC(C(N)=O)=CN12. The number of allylic oxidation sites excluding steroid dienone is 4. The van der Waals surface area contributed by atoms with E-state index >= 15 is 0 Å². The van der Waals surface area contributed by atoms with Crippen LogP contribution in [0.1, 0.15) is 6.92 Å². The van der Waals surface area contributed by atoms with Gasteiger partial charge in [-0.25, -0.2) is 0 Å². The Morgan fingerprint density at radius 1 is 1.57 bits per heavy atom. The van der Waals surface area contributed by atoms with Crippen molar-refractivity contribution in [3.05, 3.63) is 47.7 Å². The number of nitrogens with one attached hydrogen (secondary N) is 1. The van der Waals surface area contributed by atoms with Crippen molar-refractivity contribution in [2.45, 2.75) is 6.92 Å². The third-order valence-electron chi connectivity index (χ3n) is 2.16. The summed E-state index contributed by atoms with van der Waals surface area (Å²) in [6, 6.07) is 0. The third-order valence-corrected chi connectivity index (χ3v) is 2.16. The molecule has 0 aromatic heterocycles. The van der Waals surface area contributed by atoms with Crippen LogP contribution in [0.15, 0.2) is 47.7 Å². The highest BCUT2D eigenvalue weighted by Gasteiger charge is 2.17. The van der Waals surface area contributed by atoms with Crippen molar-refractivity contribution in [3.8, 4) is 0 Å². The number of hydrogen-bond acceptors (Lipinski definition) is 3. The minimum Gasteiger partial charge on any atom is -0.364 e. The molecule has 3 N–H and O–H groups in total. The van der Waals surface area contributed by atoms with Gasteiger partial charge in [-0.15, -0.1) is 0 Å². The van der Waals surface area contributed by atoms with Gasteiger partial charge in [-0.1, -0.05) is 6.08 Å². The zero-order chi connectivity index (χ0) is 10.1. The Hall–Kier alpha value is -1.97. The largest absolute Gasteiger partial charge is 0.364 e. The predicted octanol–water partition coefficient (Wildman–Crippen LogP) is 0.533. The van der Waals surface area contributed by atoms with Crippen molar-refractivity contribution >= 4 is 5.91 Å². The van der Waals surface area contributed by atoms with E-state index in [1.54, 1.807) is 12.4 Å². The van der Waals surface area contributed by atoms with E-state index in [9.17, 15) is 4.79 Å². The Bertz CT molecular complexity index is 402. The number of carbonyl (C=O) groups is 1. The van der Waals surface area contributed by atoms with Crippen molar-refractivity contribution in [2.75, 3.05) is 0 Å². The Morgan fingerprint density at radius 3 is 3.07 bits per heavy atom. The molecule has 0 aromatic rings. The molecule has 72 valence electrons. The van der Waals surface area contributed by atoms with E-state index in [0.29, 0.717) is 5.70 Å². The summed E-state index contributed by atoms with van der Waals surface area (Å²) in [6.07, 6.45) is 9.34. The standard InChI is InChI=1S/C10H11N3O/c1-7-3-2-4-8-5-12-9(10(11)14)6-13(7)8/h2-6,12H,1H3,(H2,11,14). The van der Waals surface area contributed by atoms with Crippen LogP contribution in [-0.4, -0.2) is 10.8 Å². The van der Waals surface area contributed by atoms with Crippen LogP contribution >= 0.6 is 0 Å². The van der Waals surface area contributed by atoms with Gasteiger partial charge in [0.2, 0.25) is 0 Å². The van der Waals surface area contributed by atoms with Gasteiger partial charge < -0.3 is 16.0 Å². The van der Waals surface area contributed by atoms with Crippen molar-refractivity contribution in [1.29, 1.82) is 0 Å². The molecule has 0 spiro atoms. The van der Waals surface area contributed by atoms with Crippen LogP contribution in [0.25, 0.3) is 0 Å². The molecule has 0 atom stereocenters. The highest BCUT2D eigenvalue weighted by Crippen LogP contribution is 2.22. The fourth-order valence-corrected chi connectivity index (χ4v) is 1.40. The average molecular weight is 189 g/mol. The van der Waals surface area contributed by atoms with E-state index in [-0.39, 0.29) is 0 Å². The van der Waals surface area contributed by atoms with Gasteiger partial charge in [0, 0.05) is 18.1 Å². The molecule has 0 aromatic carbocycles. The van der Waals surface area contributed by atoms with E-state index in [1.165, 1.54) is 0 Å². The molecule has 2 rings (SSSR count). The van der Waals surface area contributed by atoms with E-state index in [1.807, 2.05) is 30.1 Å². The molecule has 4 heteroatoms. The quantitative estimate of drug-likeness (QED) is 0.632. The maximum atomic E-state index is 10.9. The molecule has 0 aliphatic carbocycles. The molecule has 1 amide bonds. The molecule has 2 aliphatic rings. The first-order chi connectivity index (χ1) is 6.68. The molecule has 2 aliphatic heterocycles. The molecule has 0 saturated heterocycles. The average Bonchev–Trinajstić information content (AvgIpc) is 2.18. The van der Waals surface area contributed by atoms with Gasteiger partial charge in [0.15, 0.2) is 0 Å². The first-order valence-electron chi connectivity index (χ1n) is 4.31. The summed E-state index contributed by atoms with van der Waals surface area (Å²) in [5, 5.41) is 2.84.